The van der Waals surface area contributed by atoms with Gasteiger partial charge in [0.25, 0.3) is 0 Å². The minimum Gasteiger partial charge on any atom is -0.493 e. The molecule has 4 heteroatoms. The monoisotopic (exact) mass is 374 g/mol. The second-order valence-corrected chi connectivity index (χ2v) is 9.05. The number of piperidine rings is 2. The zero-order valence-electron chi connectivity index (χ0n) is 17.3. The third-order valence-corrected chi connectivity index (χ3v) is 6.40. The maximum atomic E-state index is 12.3. The lowest BCUT2D eigenvalue weighted by Crippen LogP contribution is -2.60. The van der Waals surface area contributed by atoms with Crippen molar-refractivity contribution in [2.24, 2.45) is 11.8 Å². The molecule has 0 aromatic heterocycles. The molecular formula is C23H36NO3+. The molecule has 0 saturated carbocycles. The standard InChI is InChI=1S/C23H36NO3/c1-18(2)17-27-21-11-9-20(10-12-21)23(25)26-16-13-19-7-6-15-24(3)14-5-4-8-22(19)24/h9-12,18-19,22H,4-8,13-17H2,1-3H3/q+1/t19-,22?,24?/m0/s1. The molecule has 2 aliphatic rings. The smallest absolute Gasteiger partial charge is 0.338 e. The van der Waals surface area contributed by atoms with Gasteiger partial charge in [0, 0.05) is 5.92 Å². The average Bonchev–Trinajstić information content (AvgIpc) is 2.66. The van der Waals surface area contributed by atoms with Gasteiger partial charge in [0.1, 0.15) is 5.75 Å². The topological polar surface area (TPSA) is 35.5 Å². The van der Waals surface area contributed by atoms with Crippen molar-refractivity contribution >= 4 is 5.97 Å². The molecule has 2 fully saturated rings. The van der Waals surface area contributed by atoms with Crippen LogP contribution in [0.3, 0.4) is 0 Å². The van der Waals surface area contributed by atoms with Crippen LogP contribution in [0.1, 0.15) is 62.7 Å². The summed E-state index contributed by atoms with van der Waals surface area (Å²) >= 11 is 0. The number of quaternary nitrogens is 1. The van der Waals surface area contributed by atoms with Gasteiger partial charge in [-0.15, -0.1) is 0 Å². The highest BCUT2D eigenvalue weighted by atomic mass is 16.5. The molecule has 3 atom stereocenters. The number of carbonyl (C=O) groups is 1. The Morgan fingerprint density at radius 2 is 1.85 bits per heavy atom. The third kappa shape index (κ3) is 5.25. The zero-order valence-corrected chi connectivity index (χ0v) is 17.3. The summed E-state index contributed by atoms with van der Waals surface area (Å²) in [5.74, 6) is 1.77. The molecule has 0 bridgehead atoms. The molecule has 1 aromatic carbocycles. The van der Waals surface area contributed by atoms with Gasteiger partial charge in [-0.3, -0.25) is 0 Å². The van der Waals surface area contributed by atoms with Crippen molar-refractivity contribution in [1.29, 1.82) is 0 Å². The number of hydrogen-bond acceptors (Lipinski definition) is 3. The highest BCUT2D eigenvalue weighted by molar-refractivity contribution is 5.89. The molecule has 150 valence electrons. The molecule has 1 aromatic rings. The molecule has 0 amide bonds. The second-order valence-electron chi connectivity index (χ2n) is 9.05. The molecule has 0 aliphatic carbocycles. The fourth-order valence-corrected chi connectivity index (χ4v) is 4.91. The van der Waals surface area contributed by atoms with Crippen LogP contribution >= 0.6 is 0 Å². The van der Waals surface area contributed by atoms with Crippen LogP contribution in [0.2, 0.25) is 0 Å². The summed E-state index contributed by atoms with van der Waals surface area (Å²) in [5, 5.41) is 0. The summed E-state index contributed by atoms with van der Waals surface area (Å²) in [6.45, 7) is 8.10. The van der Waals surface area contributed by atoms with Gasteiger partial charge in [0.05, 0.1) is 45.0 Å². The number of rotatable bonds is 7. The molecule has 4 nitrogen and oxygen atoms in total. The molecule has 2 unspecified atom stereocenters. The van der Waals surface area contributed by atoms with E-state index in [2.05, 4.69) is 20.9 Å². The maximum Gasteiger partial charge on any atom is 0.338 e. The fraction of sp³-hybridized carbons (Fsp3) is 0.696. The average molecular weight is 375 g/mol. The van der Waals surface area contributed by atoms with Crippen molar-refractivity contribution in [3.8, 4) is 5.75 Å². The summed E-state index contributed by atoms with van der Waals surface area (Å²) < 4.78 is 12.5. The van der Waals surface area contributed by atoms with Crippen molar-refractivity contribution in [2.75, 3.05) is 33.4 Å². The van der Waals surface area contributed by atoms with E-state index in [1.54, 1.807) is 12.1 Å². The molecule has 2 saturated heterocycles. The first-order chi connectivity index (χ1) is 13.0. The molecule has 3 rings (SSSR count). The van der Waals surface area contributed by atoms with Crippen LogP contribution in [0.5, 0.6) is 5.75 Å². The van der Waals surface area contributed by atoms with Gasteiger partial charge in [-0.2, -0.15) is 0 Å². The largest absolute Gasteiger partial charge is 0.493 e. The highest BCUT2D eigenvalue weighted by Crippen LogP contribution is 2.37. The molecule has 0 N–H and O–H groups in total. The number of hydrogen-bond donors (Lipinski definition) is 0. The van der Waals surface area contributed by atoms with Gasteiger partial charge in [-0.1, -0.05) is 13.8 Å². The van der Waals surface area contributed by atoms with Crippen LogP contribution in [0.25, 0.3) is 0 Å². The fourth-order valence-electron chi connectivity index (χ4n) is 4.91. The van der Waals surface area contributed by atoms with E-state index in [1.807, 2.05) is 12.1 Å². The summed E-state index contributed by atoms with van der Waals surface area (Å²) in [4.78, 5) is 12.3. The number of esters is 1. The Morgan fingerprint density at radius 1 is 1.11 bits per heavy atom. The van der Waals surface area contributed by atoms with Gasteiger partial charge in [-0.25, -0.2) is 4.79 Å². The van der Waals surface area contributed by atoms with Crippen LogP contribution in [0, 0.1) is 11.8 Å². The van der Waals surface area contributed by atoms with Crippen molar-refractivity contribution in [3.63, 3.8) is 0 Å². The Balaban J connectivity index is 1.46. The van der Waals surface area contributed by atoms with E-state index in [0.717, 1.165) is 18.2 Å². The maximum absolute atomic E-state index is 12.3. The van der Waals surface area contributed by atoms with Gasteiger partial charge >= 0.3 is 5.97 Å². The van der Waals surface area contributed by atoms with Crippen molar-refractivity contribution < 1.29 is 18.8 Å². The molecule has 0 radical (unpaired) electrons. The van der Waals surface area contributed by atoms with E-state index in [4.69, 9.17) is 9.47 Å². The highest BCUT2D eigenvalue weighted by Gasteiger charge is 2.43. The van der Waals surface area contributed by atoms with E-state index >= 15 is 0 Å². The first kappa shape index (κ1) is 20.2. The number of benzene rings is 1. The number of fused-ring (bicyclic) bond motifs is 1. The molecule has 0 spiro atoms. The van der Waals surface area contributed by atoms with Crippen molar-refractivity contribution in [1.82, 2.24) is 0 Å². The molecular weight excluding hydrogens is 338 g/mol. The van der Waals surface area contributed by atoms with Gasteiger partial charge in [0.15, 0.2) is 0 Å². The number of ether oxygens (including phenoxy) is 2. The Labute approximate surface area is 164 Å². The summed E-state index contributed by atoms with van der Waals surface area (Å²) in [7, 11) is 2.44. The Morgan fingerprint density at radius 3 is 2.59 bits per heavy atom. The predicted molar refractivity (Wildman–Crippen MR) is 108 cm³/mol. The van der Waals surface area contributed by atoms with Crippen molar-refractivity contribution in [2.45, 2.75) is 58.4 Å². The van der Waals surface area contributed by atoms with Crippen LogP contribution in [0.15, 0.2) is 24.3 Å². The summed E-state index contributed by atoms with van der Waals surface area (Å²) in [5.41, 5.74) is 0.605. The van der Waals surface area contributed by atoms with Crippen LogP contribution in [0.4, 0.5) is 0 Å². The summed E-state index contributed by atoms with van der Waals surface area (Å²) in [6, 6.07) is 8.07. The van der Waals surface area contributed by atoms with Gasteiger partial charge in [0.2, 0.25) is 0 Å². The Kier molecular flexibility index (Phi) is 6.80. The summed E-state index contributed by atoms with van der Waals surface area (Å²) in [6.07, 6.45) is 7.67. The molecule has 2 aliphatic heterocycles. The normalized spacial score (nSPS) is 27.9. The van der Waals surface area contributed by atoms with E-state index < -0.39 is 0 Å². The predicted octanol–water partition coefficient (Wildman–Crippen LogP) is 4.68. The van der Waals surface area contributed by atoms with E-state index in [1.165, 1.54) is 49.7 Å². The molecule has 2 heterocycles. The first-order valence-electron chi connectivity index (χ1n) is 10.7. The van der Waals surface area contributed by atoms with Crippen LogP contribution in [-0.4, -0.2) is 49.8 Å². The van der Waals surface area contributed by atoms with Crippen LogP contribution in [-0.2, 0) is 4.74 Å². The van der Waals surface area contributed by atoms with Gasteiger partial charge < -0.3 is 14.0 Å². The van der Waals surface area contributed by atoms with Gasteiger partial charge in [-0.05, 0) is 68.7 Å². The Bertz CT molecular complexity index is 609. The van der Waals surface area contributed by atoms with E-state index in [9.17, 15) is 4.79 Å². The molecule has 27 heavy (non-hydrogen) atoms. The minimum absolute atomic E-state index is 0.220. The van der Waals surface area contributed by atoms with E-state index in [-0.39, 0.29) is 5.97 Å². The third-order valence-electron chi connectivity index (χ3n) is 6.40. The Hall–Kier alpha value is -1.55. The first-order valence-corrected chi connectivity index (χ1v) is 10.7. The van der Waals surface area contributed by atoms with Crippen molar-refractivity contribution in [3.05, 3.63) is 29.8 Å². The van der Waals surface area contributed by atoms with E-state index in [0.29, 0.717) is 30.6 Å². The lowest BCUT2D eigenvalue weighted by Gasteiger charge is -2.51. The second kappa shape index (κ2) is 9.09. The SMILES string of the molecule is CC(C)COc1ccc(C(=O)OCC[C@@H]2CCC[N+]3(C)CCCCC23)cc1. The lowest BCUT2D eigenvalue weighted by atomic mass is 9.80. The van der Waals surface area contributed by atoms with Crippen LogP contribution < -0.4 is 4.74 Å². The zero-order chi connectivity index (χ0) is 19.3. The number of carbonyl (C=O) groups excluding carboxylic acids is 1. The number of nitrogens with zero attached hydrogens (tertiary/aromatic N) is 1. The minimum atomic E-state index is -0.220. The lowest BCUT2D eigenvalue weighted by molar-refractivity contribution is -0.947. The quantitative estimate of drug-likeness (QED) is 0.514.